The van der Waals surface area contributed by atoms with E-state index in [1.54, 1.807) is 6.92 Å². The van der Waals surface area contributed by atoms with E-state index in [2.05, 4.69) is 22.4 Å². The van der Waals surface area contributed by atoms with Crippen molar-refractivity contribution in [2.75, 3.05) is 5.32 Å². The van der Waals surface area contributed by atoms with E-state index in [4.69, 9.17) is 9.26 Å². The van der Waals surface area contributed by atoms with Crippen molar-refractivity contribution in [1.29, 1.82) is 0 Å². The van der Waals surface area contributed by atoms with Crippen LogP contribution >= 0.6 is 0 Å². The molecule has 0 bridgehead atoms. The Balaban J connectivity index is 1.60. The van der Waals surface area contributed by atoms with E-state index in [1.807, 2.05) is 54.6 Å². The molecule has 0 fully saturated rings. The van der Waals surface area contributed by atoms with Crippen molar-refractivity contribution in [2.45, 2.75) is 26.4 Å². The molecule has 6 heteroatoms. The van der Waals surface area contributed by atoms with Crippen LogP contribution in [0, 0.1) is 0 Å². The van der Waals surface area contributed by atoms with Crippen LogP contribution < -0.4 is 10.1 Å². The van der Waals surface area contributed by atoms with Gasteiger partial charge in [0.25, 0.3) is 17.7 Å². The number of nitrogens with one attached hydrogen (secondary N) is 1. The SMILES string of the molecule is CCc1ccc(O[C@H](C)C(=O)Nc2noc(-c3ccccc3)n2)cc1. The van der Waals surface area contributed by atoms with Crippen LogP contribution in [0.1, 0.15) is 19.4 Å². The first-order valence-corrected chi connectivity index (χ1v) is 8.11. The van der Waals surface area contributed by atoms with Crippen LogP contribution in [0.2, 0.25) is 0 Å². The van der Waals surface area contributed by atoms with Crippen LogP contribution in [0.3, 0.4) is 0 Å². The van der Waals surface area contributed by atoms with E-state index >= 15 is 0 Å². The molecule has 0 unspecified atom stereocenters. The molecule has 0 aliphatic carbocycles. The number of hydrogen-bond acceptors (Lipinski definition) is 5. The first-order valence-electron chi connectivity index (χ1n) is 8.11. The van der Waals surface area contributed by atoms with Gasteiger partial charge in [0, 0.05) is 5.56 Å². The van der Waals surface area contributed by atoms with E-state index in [1.165, 1.54) is 5.56 Å². The van der Waals surface area contributed by atoms with Gasteiger partial charge in [0.2, 0.25) is 0 Å². The maximum Gasteiger partial charge on any atom is 0.270 e. The van der Waals surface area contributed by atoms with Gasteiger partial charge in [-0.15, -0.1) is 0 Å². The van der Waals surface area contributed by atoms with Gasteiger partial charge in [-0.1, -0.05) is 37.3 Å². The van der Waals surface area contributed by atoms with Crippen LogP contribution in [0.15, 0.2) is 59.1 Å². The minimum absolute atomic E-state index is 0.112. The van der Waals surface area contributed by atoms with E-state index in [0.717, 1.165) is 12.0 Å². The Hall–Kier alpha value is -3.15. The fourth-order valence-electron chi connectivity index (χ4n) is 2.25. The topological polar surface area (TPSA) is 77.2 Å². The number of aryl methyl sites for hydroxylation is 1. The van der Waals surface area contributed by atoms with Gasteiger partial charge >= 0.3 is 0 Å². The molecule has 0 radical (unpaired) electrons. The quantitative estimate of drug-likeness (QED) is 0.742. The Bertz CT molecular complexity index is 829. The standard InChI is InChI=1S/C19H19N3O3/c1-3-14-9-11-16(12-10-14)24-13(2)17(23)20-19-21-18(25-22-19)15-7-5-4-6-8-15/h4-13H,3H2,1-2H3,(H,20,22,23)/t13-/m1/s1. The number of anilines is 1. The molecular formula is C19H19N3O3. The zero-order valence-electron chi connectivity index (χ0n) is 14.1. The highest BCUT2D eigenvalue weighted by Crippen LogP contribution is 2.18. The smallest absolute Gasteiger partial charge is 0.270 e. The number of benzene rings is 2. The number of amides is 1. The fourth-order valence-corrected chi connectivity index (χ4v) is 2.25. The van der Waals surface area contributed by atoms with E-state index in [0.29, 0.717) is 11.6 Å². The van der Waals surface area contributed by atoms with Gasteiger partial charge in [0.1, 0.15) is 5.75 Å². The lowest BCUT2D eigenvalue weighted by Crippen LogP contribution is -2.30. The van der Waals surface area contributed by atoms with E-state index in [-0.39, 0.29) is 11.9 Å². The van der Waals surface area contributed by atoms with Crippen LogP contribution in [0.25, 0.3) is 11.5 Å². The first-order chi connectivity index (χ1) is 12.2. The summed E-state index contributed by atoms with van der Waals surface area (Å²) in [5.74, 6) is 0.748. The molecule has 1 N–H and O–H groups in total. The highest BCUT2D eigenvalue weighted by atomic mass is 16.5. The molecule has 1 amide bonds. The van der Waals surface area contributed by atoms with Crippen molar-refractivity contribution < 1.29 is 14.1 Å². The van der Waals surface area contributed by atoms with Gasteiger partial charge in [-0.3, -0.25) is 10.1 Å². The number of nitrogens with zero attached hydrogens (tertiary/aromatic N) is 2. The van der Waals surface area contributed by atoms with Crippen molar-refractivity contribution >= 4 is 11.9 Å². The summed E-state index contributed by atoms with van der Waals surface area (Å²) in [7, 11) is 0. The highest BCUT2D eigenvalue weighted by molar-refractivity contribution is 5.92. The van der Waals surface area contributed by atoms with Crippen molar-refractivity contribution in [3.63, 3.8) is 0 Å². The van der Waals surface area contributed by atoms with Crippen molar-refractivity contribution in [1.82, 2.24) is 10.1 Å². The van der Waals surface area contributed by atoms with Crippen LogP contribution in [0.5, 0.6) is 5.75 Å². The Morgan fingerprint density at radius 2 is 1.88 bits per heavy atom. The molecule has 25 heavy (non-hydrogen) atoms. The predicted molar refractivity (Wildman–Crippen MR) is 94.3 cm³/mol. The summed E-state index contributed by atoms with van der Waals surface area (Å²) >= 11 is 0. The van der Waals surface area contributed by atoms with Crippen molar-refractivity contribution in [3.05, 3.63) is 60.2 Å². The minimum Gasteiger partial charge on any atom is -0.481 e. The molecule has 6 nitrogen and oxygen atoms in total. The average molecular weight is 337 g/mol. The van der Waals surface area contributed by atoms with Gasteiger partial charge in [-0.2, -0.15) is 4.98 Å². The molecule has 0 saturated heterocycles. The Morgan fingerprint density at radius 3 is 2.56 bits per heavy atom. The van der Waals surface area contributed by atoms with Gasteiger partial charge < -0.3 is 9.26 Å². The number of aromatic nitrogens is 2. The van der Waals surface area contributed by atoms with E-state index in [9.17, 15) is 4.79 Å². The number of carbonyl (C=O) groups is 1. The number of hydrogen-bond donors (Lipinski definition) is 1. The first kappa shape index (κ1) is 16.7. The molecule has 1 heterocycles. The maximum absolute atomic E-state index is 12.2. The summed E-state index contributed by atoms with van der Waals surface area (Å²) in [6, 6.07) is 17.0. The Labute approximate surface area is 145 Å². The lowest BCUT2D eigenvalue weighted by Gasteiger charge is -2.13. The zero-order chi connectivity index (χ0) is 17.6. The third-order valence-electron chi connectivity index (χ3n) is 3.70. The molecule has 0 saturated carbocycles. The lowest BCUT2D eigenvalue weighted by atomic mass is 10.2. The third kappa shape index (κ3) is 4.23. The predicted octanol–water partition coefficient (Wildman–Crippen LogP) is 3.71. The summed E-state index contributed by atoms with van der Waals surface area (Å²) in [4.78, 5) is 16.4. The fraction of sp³-hybridized carbons (Fsp3) is 0.211. The third-order valence-corrected chi connectivity index (χ3v) is 3.70. The van der Waals surface area contributed by atoms with Crippen molar-refractivity contribution in [2.24, 2.45) is 0 Å². The minimum atomic E-state index is -0.689. The normalized spacial score (nSPS) is 11.8. The molecule has 0 aliphatic heterocycles. The van der Waals surface area contributed by atoms with Crippen LogP contribution in [-0.4, -0.2) is 22.2 Å². The van der Waals surface area contributed by atoms with Crippen molar-refractivity contribution in [3.8, 4) is 17.2 Å². The lowest BCUT2D eigenvalue weighted by molar-refractivity contribution is -0.122. The number of carbonyl (C=O) groups excluding carboxylic acids is 1. The van der Waals surface area contributed by atoms with E-state index < -0.39 is 6.10 Å². The van der Waals surface area contributed by atoms with Crippen LogP contribution in [-0.2, 0) is 11.2 Å². The summed E-state index contributed by atoms with van der Waals surface area (Å²) in [6.45, 7) is 3.75. The highest BCUT2D eigenvalue weighted by Gasteiger charge is 2.18. The molecule has 1 aromatic heterocycles. The summed E-state index contributed by atoms with van der Waals surface area (Å²) in [5.41, 5.74) is 2.00. The summed E-state index contributed by atoms with van der Waals surface area (Å²) in [6.07, 6.45) is 0.267. The largest absolute Gasteiger partial charge is 0.481 e. The average Bonchev–Trinajstić information content (AvgIpc) is 3.11. The number of rotatable bonds is 6. The second-order valence-corrected chi connectivity index (χ2v) is 5.54. The molecule has 0 aliphatic rings. The molecule has 2 aromatic carbocycles. The Kier molecular flexibility index (Phi) is 5.09. The molecule has 3 rings (SSSR count). The summed E-state index contributed by atoms with van der Waals surface area (Å²) < 4.78 is 10.8. The van der Waals surface area contributed by atoms with Gasteiger partial charge in [0.15, 0.2) is 6.10 Å². The second kappa shape index (κ2) is 7.61. The Morgan fingerprint density at radius 1 is 1.16 bits per heavy atom. The second-order valence-electron chi connectivity index (χ2n) is 5.54. The molecule has 0 spiro atoms. The molecule has 1 atom stereocenters. The molecule has 128 valence electrons. The number of ether oxygens (including phenoxy) is 1. The monoisotopic (exact) mass is 337 g/mol. The molecule has 3 aromatic rings. The molecular weight excluding hydrogens is 318 g/mol. The van der Waals surface area contributed by atoms with Gasteiger partial charge in [-0.25, -0.2) is 0 Å². The van der Waals surface area contributed by atoms with Gasteiger partial charge in [0.05, 0.1) is 0 Å². The zero-order valence-corrected chi connectivity index (χ0v) is 14.1. The summed E-state index contributed by atoms with van der Waals surface area (Å²) in [5, 5.41) is 6.37. The van der Waals surface area contributed by atoms with Crippen LogP contribution in [0.4, 0.5) is 5.95 Å². The maximum atomic E-state index is 12.2. The van der Waals surface area contributed by atoms with Gasteiger partial charge in [-0.05, 0) is 48.3 Å².